The summed E-state index contributed by atoms with van der Waals surface area (Å²) in [5.74, 6) is -0.634. The molecule has 0 unspecified atom stereocenters. The smallest absolute Gasteiger partial charge is 0.282 e. The minimum absolute atomic E-state index is 0.300. The Kier molecular flexibility index (Phi) is 4.61. The first-order chi connectivity index (χ1) is 13.5. The minimum atomic E-state index is -0.333. The highest BCUT2D eigenvalue weighted by Crippen LogP contribution is 2.36. The van der Waals surface area contributed by atoms with E-state index in [4.69, 9.17) is 0 Å². The summed E-state index contributed by atoms with van der Waals surface area (Å²) < 4.78 is 0. The lowest BCUT2D eigenvalue weighted by Gasteiger charge is -2.16. The summed E-state index contributed by atoms with van der Waals surface area (Å²) in [6.07, 6.45) is 0. The number of nitrogens with zero attached hydrogens (tertiary/aromatic N) is 1. The lowest BCUT2D eigenvalue weighted by Crippen LogP contribution is -2.32. The fourth-order valence-corrected chi connectivity index (χ4v) is 4.09. The van der Waals surface area contributed by atoms with Crippen LogP contribution in [0.4, 0.5) is 11.4 Å². The predicted molar refractivity (Wildman–Crippen MR) is 114 cm³/mol. The summed E-state index contributed by atoms with van der Waals surface area (Å²) in [6, 6.07) is 17.1. The summed E-state index contributed by atoms with van der Waals surface area (Å²) in [5.41, 5.74) is 5.32. The molecule has 0 atom stereocenters. The van der Waals surface area contributed by atoms with E-state index in [2.05, 4.69) is 5.32 Å². The Hall–Kier alpha value is -3.18. The van der Waals surface area contributed by atoms with E-state index in [1.165, 1.54) is 16.2 Å². The van der Waals surface area contributed by atoms with Gasteiger partial charge < -0.3 is 5.32 Å². The van der Waals surface area contributed by atoms with Gasteiger partial charge in [-0.2, -0.15) is 0 Å². The van der Waals surface area contributed by atoms with Crippen molar-refractivity contribution < 1.29 is 9.59 Å². The third kappa shape index (κ3) is 3.04. The molecule has 1 aromatic heterocycles. The van der Waals surface area contributed by atoms with Gasteiger partial charge in [0.15, 0.2) is 0 Å². The Labute approximate surface area is 168 Å². The average molecular weight is 388 g/mol. The maximum Gasteiger partial charge on any atom is 0.282 e. The molecule has 0 radical (unpaired) electrons. The highest BCUT2D eigenvalue weighted by Gasteiger charge is 2.40. The second-order valence-corrected chi connectivity index (χ2v) is 7.83. The van der Waals surface area contributed by atoms with Crippen LogP contribution in [-0.2, 0) is 9.59 Å². The van der Waals surface area contributed by atoms with Gasteiger partial charge in [-0.3, -0.25) is 9.59 Å². The van der Waals surface area contributed by atoms with Crippen molar-refractivity contribution in [2.75, 3.05) is 10.2 Å². The molecular formula is C23H20N2O2S. The molecule has 0 bridgehead atoms. The normalized spacial score (nSPS) is 14.2. The first-order valence-electron chi connectivity index (χ1n) is 9.04. The Bertz CT molecular complexity index is 1110. The fourth-order valence-electron chi connectivity index (χ4n) is 3.32. The Morgan fingerprint density at radius 1 is 0.893 bits per heavy atom. The molecule has 1 aliphatic heterocycles. The molecule has 1 N–H and O–H groups in total. The number of carbonyl (C=O) groups is 2. The number of nitrogens with one attached hydrogen (secondary N) is 1. The number of hydrogen-bond acceptors (Lipinski definition) is 4. The number of benzene rings is 2. The van der Waals surface area contributed by atoms with Gasteiger partial charge in [-0.25, -0.2) is 4.90 Å². The monoisotopic (exact) mass is 388 g/mol. The minimum Gasteiger partial charge on any atom is -0.350 e. The number of amides is 2. The molecule has 0 saturated carbocycles. The Morgan fingerprint density at radius 2 is 1.68 bits per heavy atom. The summed E-state index contributed by atoms with van der Waals surface area (Å²) in [6.45, 7) is 5.97. The van der Waals surface area contributed by atoms with E-state index >= 15 is 0 Å². The molecule has 4 rings (SSSR count). The van der Waals surface area contributed by atoms with Crippen molar-refractivity contribution in [1.29, 1.82) is 0 Å². The van der Waals surface area contributed by atoms with Gasteiger partial charge in [-0.15, -0.1) is 11.3 Å². The van der Waals surface area contributed by atoms with Gasteiger partial charge in [-0.1, -0.05) is 30.3 Å². The van der Waals surface area contributed by atoms with Crippen molar-refractivity contribution in [2.45, 2.75) is 20.8 Å². The van der Waals surface area contributed by atoms with Crippen LogP contribution in [-0.4, -0.2) is 11.8 Å². The Morgan fingerprint density at radius 3 is 2.39 bits per heavy atom. The van der Waals surface area contributed by atoms with Gasteiger partial charge >= 0.3 is 0 Å². The van der Waals surface area contributed by atoms with E-state index in [-0.39, 0.29) is 11.8 Å². The average Bonchev–Trinajstić information content (AvgIpc) is 3.26. The molecule has 140 valence electrons. The van der Waals surface area contributed by atoms with Crippen molar-refractivity contribution in [2.24, 2.45) is 0 Å². The highest BCUT2D eigenvalue weighted by molar-refractivity contribution is 7.11. The van der Waals surface area contributed by atoms with Crippen LogP contribution in [0.15, 0.2) is 65.7 Å². The highest BCUT2D eigenvalue weighted by atomic mass is 32.1. The molecular weight excluding hydrogens is 368 g/mol. The largest absolute Gasteiger partial charge is 0.350 e. The molecule has 0 spiro atoms. The molecule has 0 aliphatic carbocycles. The van der Waals surface area contributed by atoms with E-state index in [1.54, 1.807) is 6.07 Å². The zero-order chi connectivity index (χ0) is 19.8. The zero-order valence-corrected chi connectivity index (χ0v) is 16.8. The fraction of sp³-hybridized carbons (Fsp3) is 0.130. The standard InChI is InChI=1S/C23H20N2O2S/c1-14-7-4-9-17(13-14)25-22(26)20(19-11-6-12-28-19)21(23(25)27)24-18-10-5-8-15(2)16(18)3/h4-13,24H,1-3H3. The molecule has 4 nitrogen and oxygen atoms in total. The summed E-state index contributed by atoms with van der Waals surface area (Å²) >= 11 is 1.45. The third-order valence-electron chi connectivity index (χ3n) is 4.98. The number of anilines is 2. The molecule has 1 aliphatic rings. The molecule has 5 heteroatoms. The summed E-state index contributed by atoms with van der Waals surface area (Å²) in [7, 11) is 0. The van der Waals surface area contributed by atoms with E-state index in [0.717, 1.165) is 27.3 Å². The van der Waals surface area contributed by atoms with E-state index < -0.39 is 0 Å². The number of thiophene rings is 1. The van der Waals surface area contributed by atoms with Gasteiger partial charge in [-0.05, 0) is 67.1 Å². The first-order valence-corrected chi connectivity index (χ1v) is 9.92. The van der Waals surface area contributed by atoms with Crippen molar-refractivity contribution in [3.05, 3.63) is 87.2 Å². The second kappa shape index (κ2) is 7.09. The van der Waals surface area contributed by atoms with Crippen LogP contribution in [0.3, 0.4) is 0 Å². The number of hydrogen-bond donors (Lipinski definition) is 1. The van der Waals surface area contributed by atoms with Crippen LogP contribution in [0.5, 0.6) is 0 Å². The number of carbonyl (C=O) groups excluding carboxylic acids is 2. The summed E-state index contributed by atoms with van der Waals surface area (Å²) in [4.78, 5) is 28.7. The number of rotatable bonds is 4. The molecule has 28 heavy (non-hydrogen) atoms. The molecule has 0 fully saturated rings. The van der Waals surface area contributed by atoms with Crippen LogP contribution < -0.4 is 10.2 Å². The van der Waals surface area contributed by atoms with Gasteiger partial charge in [0.05, 0.1) is 11.3 Å². The quantitative estimate of drug-likeness (QED) is 0.635. The SMILES string of the molecule is Cc1cccc(N2C(=O)C(Nc3cccc(C)c3C)=C(c3cccs3)C2=O)c1. The van der Waals surface area contributed by atoms with Crippen LogP contribution in [0, 0.1) is 20.8 Å². The van der Waals surface area contributed by atoms with E-state index in [0.29, 0.717) is 17.0 Å². The van der Waals surface area contributed by atoms with Crippen molar-refractivity contribution in [3.8, 4) is 0 Å². The van der Waals surface area contributed by atoms with Crippen LogP contribution in [0.1, 0.15) is 21.6 Å². The summed E-state index contributed by atoms with van der Waals surface area (Å²) in [5, 5.41) is 5.16. The second-order valence-electron chi connectivity index (χ2n) is 6.88. The van der Waals surface area contributed by atoms with E-state index in [1.807, 2.05) is 74.7 Å². The van der Waals surface area contributed by atoms with E-state index in [9.17, 15) is 9.59 Å². The number of imide groups is 1. The molecule has 3 aromatic rings. The van der Waals surface area contributed by atoms with Crippen LogP contribution in [0.25, 0.3) is 5.57 Å². The predicted octanol–water partition coefficient (Wildman–Crippen LogP) is 5.07. The topological polar surface area (TPSA) is 49.4 Å². The van der Waals surface area contributed by atoms with Gasteiger partial charge in [0.25, 0.3) is 11.8 Å². The molecule has 2 aromatic carbocycles. The van der Waals surface area contributed by atoms with Gasteiger partial charge in [0, 0.05) is 10.6 Å². The third-order valence-corrected chi connectivity index (χ3v) is 5.86. The molecule has 0 saturated heterocycles. The maximum atomic E-state index is 13.3. The first kappa shape index (κ1) is 18.2. The van der Waals surface area contributed by atoms with Crippen LogP contribution >= 0.6 is 11.3 Å². The molecule has 2 heterocycles. The lowest BCUT2D eigenvalue weighted by molar-refractivity contribution is -0.120. The van der Waals surface area contributed by atoms with Crippen molar-refractivity contribution in [1.82, 2.24) is 0 Å². The molecule has 2 amide bonds. The maximum absolute atomic E-state index is 13.3. The van der Waals surface area contributed by atoms with Gasteiger partial charge in [0.2, 0.25) is 0 Å². The van der Waals surface area contributed by atoms with Crippen molar-refractivity contribution >= 4 is 40.1 Å². The van der Waals surface area contributed by atoms with Crippen LogP contribution in [0.2, 0.25) is 0 Å². The Balaban J connectivity index is 1.83. The van der Waals surface area contributed by atoms with Crippen molar-refractivity contribution in [3.63, 3.8) is 0 Å². The van der Waals surface area contributed by atoms with Gasteiger partial charge in [0.1, 0.15) is 5.70 Å². The lowest BCUT2D eigenvalue weighted by atomic mass is 10.1. The zero-order valence-electron chi connectivity index (χ0n) is 15.9. The number of aryl methyl sites for hydroxylation is 2.